The van der Waals surface area contributed by atoms with Crippen molar-refractivity contribution in [1.29, 1.82) is 36.8 Å². The van der Waals surface area contributed by atoms with Crippen molar-refractivity contribution >= 4 is 118 Å². The molecule has 476 valence electrons. The average molecular weight is 1350 g/mol. The molecule has 106 heavy (non-hydrogen) atoms. The van der Waals surface area contributed by atoms with Gasteiger partial charge in [-0.1, -0.05) is 98.6 Å². The Morgan fingerprint density at radius 2 is 0.538 bits per heavy atom. The van der Waals surface area contributed by atoms with Crippen LogP contribution in [0.3, 0.4) is 0 Å². The Balaban J connectivity index is 0.000000285. The summed E-state index contributed by atoms with van der Waals surface area (Å²) in [4.78, 5) is 88.4. The van der Waals surface area contributed by atoms with Gasteiger partial charge in [0.1, 0.15) is 73.9 Å². The normalized spacial score (nSPS) is 10.2. The van der Waals surface area contributed by atoms with Gasteiger partial charge in [-0.05, 0) is 66.4 Å². The van der Waals surface area contributed by atoms with Crippen molar-refractivity contribution < 1.29 is 0 Å². The summed E-state index contributed by atoms with van der Waals surface area (Å²) in [5.74, 6) is -0.718. The van der Waals surface area contributed by atoms with E-state index in [1.807, 2.05) is 24.3 Å². The largest absolute Gasteiger partial charge is 0.370 e. The fraction of sp³-hybridized carbons (Fsp3) is 0.0256. The van der Waals surface area contributed by atoms with Crippen LogP contribution >= 0.6 is 0 Å². The number of nitrogens with zero attached hydrogens (tertiary/aromatic N) is 28. The van der Waals surface area contributed by atoms with Crippen molar-refractivity contribution in [2.75, 3.05) is 0 Å². The maximum atomic E-state index is 10.3. The zero-order valence-electron chi connectivity index (χ0n) is 53.9. The van der Waals surface area contributed by atoms with Gasteiger partial charge in [-0.15, -0.1) is 15.0 Å². The Morgan fingerprint density at radius 3 is 0.925 bits per heavy atom. The summed E-state index contributed by atoms with van der Waals surface area (Å²) in [5.41, 5.74) is 6.10. The third-order valence-electron chi connectivity index (χ3n) is 16.5. The van der Waals surface area contributed by atoms with Gasteiger partial charge in [0, 0.05) is 16.7 Å². The molecule has 0 spiro atoms. The lowest BCUT2D eigenvalue weighted by molar-refractivity contribution is 1.14. The van der Waals surface area contributed by atoms with Crippen LogP contribution in [0.25, 0.3) is 177 Å². The van der Waals surface area contributed by atoms with E-state index in [-0.39, 0.29) is 186 Å². The Morgan fingerprint density at radius 1 is 0.236 bits per heavy atom. The molecule has 0 bridgehead atoms. The molecule has 28 heteroatoms. The van der Waals surface area contributed by atoms with Gasteiger partial charge >= 0.3 is 5.82 Å². The molecule has 8 aromatic carbocycles. The van der Waals surface area contributed by atoms with Gasteiger partial charge in [-0.2, -0.15) is 36.8 Å². The monoisotopic (exact) mass is 1350 g/mol. The van der Waals surface area contributed by atoms with Crippen LogP contribution in [0.5, 0.6) is 0 Å². The second-order valence-corrected chi connectivity index (χ2v) is 22.3. The molecule has 0 saturated carbocycles. The summed E-state index contributed by atoms with van der Waals surface area (Å²) in [6.45, 7) is 72.3. The van der Waals surface area contributed by atoms with Gasteiger partial charge in [0.25, 0.3) is 17.2 Å². The molecule has 0 unspecified atom stereocenters. The number of aromatic nitrogens is 12. The molecule has 0 fully saturated rings. The van der Waals surface area contributed by atoms with E-state index in [0.717, 1.165) is 0 Å². The zero-order valence-corrected chi connectivity index (χ0v) is 53.9. The molecule has 14 aromatic rings. The second-order valence-electron chi connectivity index (χ2n) is 22.3. The fourth-order valence-electron chi connectivity index (χ4n) is 11.5. The Kier molecular flexibility index (Phi) is 16.8. The first kappa shape index (κ1) is 66.3. The van der Waals surface area contributed by atoms with Gasteiger partial charge in [-0.25, -0.2) is 54.5 Å². The van der Waals surface area contributed by atoms with E-state index in [0.29, 0.717) is 50.2 Å². The molecule has 0 saturated heterocycles. The maximum absolute atomic E-state index is 10.3. The van der Waals surface area contributed by atoms with Crippen LogP contribution in [0.1, 0.15) is 50.5 Å². The predicted octanol–water partition coefficient (Wildman–Crippen LogP) is 17.7. The molecule has 6 aromatic heterocycles. The first-order valence-electron chi connectivity index (χ1n) is 30.1. The van der Waals surface area contributed by atoms with E-state index < -0.39 is 0 Å². The number of aryl methyl sites for hydroxylation is 2. The third kappa shape index (κ3) is 11.0. The summed E-state index contributed by atoms with van der Waals surface area (Å²) >= 11 is 0. The predicted molar refractivity (Wildman–Crippen MR) is 383 cm³/mol. The van der Waals surface area contributed by atoms with Crippen molar-refractivity contribution in [3.63, 3.8) is 0 Å². The molecule has 0 aliphatic carbocycles. The van der Waals surface area contributed by atoms with Crippen LogP contribution in [0.15, 0.2) is 109 Å². The average Bonchev–Trinajstić information content (AvgIpc) is 0.720. The van der Waals surface area contributed by atoms with Crippen LogP contribution in [0.4, 0.5) is 51.6 Å². The number of rotatable bonds is 6. The van der Waals surface area contributed by atoms with Crippen LogP contribution in [-0.2, 0) is 0 Å². The number of fused-ring (bicyclic) bond motifs is 12. The Hall–Kier alpha value is -18.4. The van der Waals surface area contributed by atoms with Crippen molar-refractivity contribution in [2.45, 2.75) is 13.8 Å². The lowest BCUT2D eigenvalue weighted by Crippen LogP contribution is -2.05. The van der Waals surface area contributed by atoms with Crippen LogP contribution in [0.2, 0.25) is 0 Å². The van der Waals surface area contributed by atoms with Gasteiger partial charge in [0.2, 0.25) is 22.4 Å². The van der Waals surface area contributed by atoms with Crippen molar-refractivity contribution in [3.05, 3.63) is 262 Å². The van der Waals surface area contributed by atoms with Gasteiger partial charge in [0.15, 0.2) is 34.1 Å². The summed E-state index contributed by atoms with van der Waals surface area (Å²) in [7, 11) is 0. The van der Waals surface area contributed by atoms with E-state index >= 15 is 0 Å². The molecule has 0 amide bonds. The fourth-order valence-corrected chi connectivity index (χ4v) is 11.5. The highest BCUT2D eigenvalue weighted by atomic mass is 15.0. The van der Waals surface area contributed by atoms with Crippen LogP contribution in [0, 0.1) is 152 Å². The Labute approximate surface area is 597 Å². The quantitative estimate of drug-likeness (QED) is 0.110. The van der Waals surface area contributed by atoms with Gasteiger partial charge in [-0.3, -0.25) is 19.4 Å². The highest BCUT2D eigenvalue weighted by Gasteiger charge is 2.31. The van der Waals surface area contributed by atoms with Crippen LogP contribution < -0.4 is 0 Å². The highest BCUT2D eigenvalue weighted by molar-refractivity contribution is 6.21. The Bertz CT molecular complexity index is 7060. The number of hydrogen-bond acceptors (Lipinski definition) is 19. The number of nitriles is 7. The second kappa shape index (κ2) is 26.9. The van der Waals surface area contributed by atoms with E-state index in [4.69, 9.17) is 89.1 Å². The first-order valence-corrected chi connectivity index (χ1v) is 30.1. The first-order chi connectivity index (χ1) is 51.6. The van der Waals surface area contributed by atoms with E-state index in [1.54, 1.807) is 62.4 Å². The molecule has 0 aliphatic heterocycles. The molecule has 0 N–H and O–H groups in total. The van der Waals surface area contributed by atoms with Crippen molar-refractivity contribution in [3.8, 4) is 110 Å². The zero-order chi connectivity index (χ0) is 74.8. The number of hydrogen-bond donors (Lipinski definition) is 0. The molecule has 14 rings (SSSR count). The lowest BCUT2D eigenvalue weighted by atomic mass is 9.97. The molecular weight excluding hydrogens is 1330 g/mol. The van der Waals surface area contributed by atoms with Gasteiger partial charge < -0.3 is 14.5 Å². The van der Waals surface area contributed by atoms with Crippen LogP contribution in [-0.4, -0.2) is 59.8 Å². The summed E-state index contributed by atoms with van der Waals surface area (Å²) < 4.78 is 0. The molecule has 6 heterocycles. The van der Waals surface area contributed by atoms with Crippen molar-refractivity contribution in [2.24, 2.45) is 0 Å². The molecular formula is C78H24N28. The minimum absolute atomic E-state index is 0.0130. The molecule has 28 nitrogen and oxygen atoms in total. The maximum Gasteiger partial charge on any atom is 0.307 e. The summed E-state index contributed by atoms with van der Waals surface area (Å²) in [5, 5.41) is 69.2. The molecule has 0 radical (unpaired) electrons. The standard InChI is InChI=1S/C60H21N17.C18H3N11/c1-31-8-9-32(20-40(31)28-63)49-52(35-11-13-39(27-62)46(23-35)69-5)75-58-55(72-49)56-59(76-53(36-15-18-44(67-3)47(24-36)70-6)50(73-56)33-10-12-38(26-61)41(21-33)29-64)60-57(58)74-51(34-14-17-43(66-2)42(22-34)30-65)54(77-60)37-16-19-45(68-4)48(25-37)71-7;1-7-8(5-19)25-11-10(24-7)12-13(27-16(21-2)9(6-20)26-12)15-14(11)28-17(22-3)18(23-4)29-15/h8-25H,1H3;1H3. The van der Waals surface area contributed by atoms with Gasteiger partial charge in [0.05, 0.1) is 125 Å². The van der Waals surface area contributed by atoms with Crippen molar-refractivity contribution in [1.82, 2.24) is 59.8 Å². The topological polar surface area (TPSA) is 360 Å². The molecule has 0 atom stereocenters. The number of benzene rings is 8. The minimum Gasteiger partial charge on any atom is -0.370 e. The van der Waals surface area contributed by atoms with E-state index in [2.05, 4.69) is 91.7 Å². The lowest BCUT2D eigenvalue weighted by Gasteiger charge is -2.18. The third-order valence-corrected chi connectivity index (χ3v) is 16.5. The highest BCUT2D eigenvalue weighted by Crippen LogP contribution is 2.46. The summed E-state index contributed by atoms with van der Waals surface area (Å²) in [6, 6.07) is 42.2. The van der Waals surface area contributed by atoms with E-state index in [1.165, 1.54) is 60.7 Å². The molecule has 0 aliphatic rings. The smallest absolute Gasteiger partial charge is 0.307 e. The summed E-state index contributed by atoms with van der Waals surface area (Å²) in [6.07, 6.45) is 0. The minimum atomic E-state index is -0.246. The SMILES string of the molecule is [C-]#[N+]c1ccc(-c2nc3c4nc(-c5ccc(C#N)c([N+]#[C-])c5)c(-c5ccc(C)c(C#N)c5)nc4c4nc(-c5ccc(C#N)c(C#N)c5)c(-c5ccc([N+]#[C-])c([N+]#[C-])c5)nc4c3nc2-c2ccc([N+]#[C-])c([N+]#[C-])c2)cc1C#N.[C-]#[N+]c1nc2c(nc1C#N)c1nc(C)c(C#N)nc1c1nc([N+]#[C-])c([N+]#[C-])nc21. The van der Waals surface area contributed by atoms with E-state index in [9.17, 15) is 36.8 Å².